The highest BCUT2D eigenvalue weighted by Crippen LogP contribution is 2.34. The first-order chi connectivity index (χ1) is 9.08. The van der Waals surface area contributed by atoms with Gasteiger partial charge in [0.15, 0.2) is 5.65 Å². The number of pyridine rings is 1. The van der Waals surface area contributed by atoms with E-state index in [2.05, 4.69) is 21.5 Å². The highest BCUT2D eigenvalue weighted by Gasteiger charge is 2.31. The smallest absolute Gasteiger partial charge is 0.160 e. The fourth-order valence-corrected chi connectivity index (χ4v) is 2.95. The molecule has 6 heteroatoms. The van der Waals surface area contributed by atoms with Crippen molar-refractivity contribution in [2.24, 2.45) is 0 Å². The maximum atomic E-state index is 6.26. The highest BCUT2D eigenvalue weighted by atomic mass is 35.5. The molecule has 0 N–H and O–H groups in total. The molecule has 2 aromatic rings. The van der Waals surface area contributed by atoms with Crippen molar-refractivity contribution < 1.29 is 4.74 Å². The van der Waals surface area contributed by atoms with Gasteiger partial charge in [0.05, 0.1) is 22.5 Å². The van der Waals surface area contributed by atoms with Gasteiger partial charge in [0.1, 0.15) is 11.3 Å². The topological polar surface area (TPSA) is 39.9 Å². The van der Waals surface area contributed by atoms with E-state index in [4.69, 9.17) is 27.9 Å². The Kier molecular flexibility index (Phi) is 3.41. The molecule has 3 heterocycles. The number of alkyl halides is 1. The molecule has 2 aromatic heterocycles. The fourth-order valence-electron chi connectivity index (χ4n) is 2.64. The Morgan fingerprint density at radius 1 is 1.53 bits per heavy atom. The van der Waals surface area contributed by atoms with Crippen LogP contribution in [0.1, 0.15) is 37.5 Å². The van der Waals surface area contributed by atoms with Crippen LogP contribution < -0.4 is 0 Å². The van der Waals surface area contributed by atoms with E-state index in [1.54, 1.807) is 6.20 Å². The van der Waals surface area contributed by atoms with E-state index in [1.165, 1.54) is 0 Å². The summed E-state index contributed by atoms with van der Waals surface area (Å²) >= 11 is 12.2. The molecule has 0 aromatic carbocycles. The number of hydrogen-bond donors (Lipinski definition) is 0. The molecule has 0 spiro atoms. The molecular formula is C13H15Cl2N3O. The SMILES string of the molecule is CC(Cl)c1nc2cc(Cl)cnc2n1C1CCOC1C. The number of imidazole rings is 1. The van der Waals surface area contributed by atoms with E-state index in [0.717, 1.165) is 30.0 Å². The number of nitrogens with zero attached hydrogens (tertiary/aromatic N) is 3. The maximum absolute atomic E-state index is 6.26. The van der Waals surface area contributed by atoms with Gasteiger partial charge in [-0.1, -0.05) is 11.6 Å². The van der Waals surface area contributed by atoms with Gasteiger partial charge in [0, 0.05) is 12.8 Å². The molecule has 0 radical (unpaired) electrons. The molecule has 0 amide bonds. The van der Waals surface area contributed by atoms with Crippen molar-refractivity contribution in [3.63, 3.8) is 0 Å². The van der Waals surface area contributed by atoms with Crippen LogP contribution in [0.4, 0.5) is 0 Å². The Labute approximate surface area is 121 Å². The third-order valence-electron chi connectivity index (χ3n) is 3.55. The van der Waals surface area contributed by atoms with Crippen LogP contribution in [-0.4, -0.2) is 27.2 Å². The van der Waals surface area contributed by atoms with Crippen LogP contribution in [0.15, 0.2) is 12.3 Å². The summed E-state index contributed by atoms with van der Waals surface area (Å²) in [6.07, 6.45) is 2.74. The fraction of sp³-hybridized carbons (Fsp3) is 0.538. The minimum absolute atomic E-state index is 0.143. The first-order valence-corrected chi connectivity index (χ1v) is 7.18. The van der Waals surface area contributed by atoms with Crippen LogP contribution in [0.5, 0.6) is 0 Å². The quantitative estimate of drug-likeness (QED) is 0.793. The molecular weight excluding hydrogens is 285 g/mol. The summed E-state index contributed by atoms with van der Waals surface area (Å²) in [5, 5.41) is 0.405. The molecule has 3 atom stereocenters. The van der Waals surface area contributed by atoms with E-state index >= 15 is 0 Å². The number of rotatable bonds is 2. The van der Waals surface area contributed by atoms with Crippen LogP contribution in [0, 0.1) is 0 Å². The van der Waals surface area contributed by atoms with Gasteiger partial charge in [-0.3, -0.25) is 0 Å². The normalized spacial score (nSPS) is 25.1. The van der Waals surface area contributed by atoms with E-state index in [1.807, 2.05) is 13.0 Å². The lowest BCUT2D eigenvalue weighted by atomic mass is 10.1. The lowest BCUT2D eigenvalue weighted by Crippen LogP contribution is -2.19. The summed E-state index contributed by atoms with van der Waals surface area (Å²) < 4.78 is 7.76. The second-order valence-electron chi connectivity index (χ2n) is 4.88. The average molecular weight is 300 g/mol. The van der Waals surface area contributed by atoms with Crippen LogP contribution in [0.2, 0.25) is 5.02 Å². The molecule has 1 aliphatic rings. The van der Waals surface area contributed by atoms with E-state index in [0.29, 0.717) is 5.02 Å². The van der Waals surface area contributed by atoms with Crippen molar-refractivity contribution in [2.75, 3.05) is 6.61 Å². The van der Waals surface area contributed by atoms with E-state index in [-0.39, 0.29) is 17.5 Å². The Hall–Kier alpha value is -0.840. The second-order valence-corrected chi connectivity index (χ2v) is 5.98. The van der Waals surface area contributed by atoms with Gasteiger partial charge in [0.2, 0.25) is 0 Å². The van der Waals surface area contributed by atoms with Gasteiger partial charge < -0.3 is 9.30 Å². The van der Waals surface area contributed by atoms with Gasteiger partial charge >= 0.3 is 0 Å². The zero-order valence-electron chi connectivity index (χ0n) is 10.8. The molecule has 0 aliphatic carbocycles. The molecule has 3 rings (SSSR count). The molecule has 19 heavy (non-hydrogen) atoms. The van der Waals surface area contributed by atoms with Gasteiger partial charge in [-0.15, -0.1) is 11.6 Å². The Bertz CT molecular complexity index is 611. The maximum Gasteiger partial charge on any atom is 0.160 e. The van der Waals surface area contributed by atoms with E-state index in [9.17, 15) is 0 Å². The van der Waals surface area contributed by atoms with Crippen LogP contribution in [0.25, 0.3) is 11.2 Å². The molecule has 3 unspecified atom stereocenters. The second kappa shape index (κ2) is 4.93. The van der Waals surface area contributed by atoms with Gasteiger partial charge in [-0.05, 0) is 26.3 Å². The summed E-state index contributed by atoms with van der Waals surface area (Å²) in [6.45, 7) is 4.75. The lowest BCUT2D eigenvalue weighted by Gasteiger charge is -2.19. The zero-order valence-corrected chi connectivity index (χ0v) is 12.3. The predicted octanol–water partition coefficient (Wildman–Crippen LogP) is 3.73. The molecule has 102 valence electrons. The molecule has 1 aliphatic heterocycles. The van der Waals surface area contributed by atoms with Crippen molar-refractivity contribution in [3.05, 3.63) is 23.1 Å². The summed E-state index contributed by atoms with van der Waals surface area (Å²) in [6, 6.07) is 2.05. The summed E-state index contributed by atoms with van der Waals surface area (Å²) in [7, 11) is 0. The van der Waals surface area contributed by atoms with Gasteiger partial charge in [-0.2, -0.15) is 0 Å². The van der Waals surface area contributed by atoms with Crippen molar-refractivity contribution in [1.29, 1.82) is 0 Å². The standard InChI is InChI=1S/C13H15Cl2N3O/c1-7(14)12-17-10-5-9(15)6-16-13(10)18(12)11-3-4-19-8(11)2/h5-8,11H,3-4H2,1-2H3. The third kappa shape index (κ3) is 2.22. The zero-order chi connectivity index (χ0) is 13.6. The van der Waals surface area contributed by atoms with Crippen molar-refractivity contribution >= 4 is 34.4 Å². The molecule has 0 saturated carbocycles. The monoisotopic (exact) mass is 299 g/mol. The molecule has 1 fully saturated rings. The lowest BCUT2D eigenvalue weighted by molar-refractivity contribution is 0.108. The minimum atomic E-state index is -0.180. The van der Waals surface area contributed by atoms with Crippen molar-refractivity contribution in [3.8, 4) is 0 Å². The highest BCUT2D eigenvalue weighted by molar-refractivity contribution is 6.31. The molecule has 4 nitrogen and oxygen atoms in total. The minimum Gasteiger partial charge on any atom is -0.376 e. The van der Waals surface area contributed by atoms with Crippen LogP contribution >= 0.6 is 23.2 Å². The number of hydrogen-bond acceptors (Lipinski definition) is 3. The number of aromatic nitrogens is 3. The summed E-state index contributed by atoms with van der Waals surface area (Å²) in [5.74, 6) is 0.828. The Morgan fingerprint density at radius 3 is 2.95 bits per heavy atom. The number of fused-ring (bicyclic) bond motifs is 1. The summed E-state index contributed by atoms with van der Waals surface area (Å²) in [4.78, 5) is 9.00. The van der Waals surface area contributed by atoms with E-state index < -0.39 is 0 Å². The molecule has 1 saturated heterocycles. The van der Waals surface area contributed by atoms with Crippen LogP contribution in [0.3, 0.4) is 0 Å². The van der Waals surface area contributed by atoms with Gasteiger partial charge in [-0.25, -0.2) is 9.97 Å². The van der Waals surface area contributed by atoms with Crippen LogP contribution in [-0.2, 0) is 4.74 Å². The number of ether oxygens (including phenoxy) is 1. The predicted molar refractivity (Wildman–Crippen MR) is 75.9 cm³/mol. The Balaban J connectivity index is 2.22. The van der Waals surface area contributed by atoms with Gasteiger partial charge in [0.25, 0.3) is 0 Å². The Morgan fingerprint density at radius 2 is 2.32 bits per heavy atom. The average Bonchev–Trinajstić information content (AvgIpc) is 2.91. The number of halogens is 2. The first-order valence-electron chi connectivity index (χ1n) is 6.37. The summed E-state index contributed by atoms with van der Waals surface area (Å²) in [5.41, 5.74) is 1.61. The largest absolute Gasteiger partial charge is 0.376 e. The third-order valence-corrected chi connectivity index (χ3v) is 3.95. The molecule has 0 bridgehead atoms. The first kappa shape index (κ1) is 13.2. The van der Waals surface area contributed by atoms with Crippen molar-refractivity contribution in [1.82, 2.24) is 14.5 Å². The van der Waals surface area contributed by atoms with Crippen molar-refractivity contribution in [2.45, 2.75) is 37.8 Å².